The molecule has 0 radical (unpaired) electrons. The van der Waals surface area contributed by atoms with Gasteiger partial charge in [0, 0.05) is 6.54 Å². The van der Waals surface area contributed by atoms with E-state index in [9.17, 15) is 14.4 Å². The molecule has 3 aliphatic rings. The van der Waals surface area contributed by atoms with Gasteiger partial charge in [-0.2, -0.15) is 0 Å². The van der Waals surface area contributed by atoms with Crippen molar-refractivity contribution in [3.63, 3.8) is 0 Å². The van der Waals surface area contributed by atoms with Crippen molar-refractivity contribution < 1.29 is 19.1 Å². The number of carbonyl (C=O) groups excluding carboxylic acids is 3. The van der Waals surface area contributed by atoms with E-state index in [1.165, 1.54) is 4.90 Å². The number of likely N-dealkylation sites (tertiary alicyclic amines) is 1. The molecule has 1 heterocycles. The Morgan fingerprint density at radius 3 is 2.26 bits per heavy atom. The van der Waals surface area contributed by atoms with Crippen LogP contribution in [0.5, 0.6) is 5.75 Å². The number of nitrogens with one attached hydrogen (secondary N) is 1. The largest absolute Gasteiger partial charge is 0.497 e. The molecule has 2 bridgehead atoms. The molecule has 5 atom stereocenters. The number of nitrogens with zero attached hydrogens (tertiary/aromatic N) is 1. The van der Waals surface area contributed by atoms with Crippen LogP contribution in [0.1, 0.15) is 31.4 Å². The van der Waals surface area contributed by atoms with Gasteiger partial charge in [0.2, 0.25) is 17.7 Å². The molecule has 1 aromatic carbocycles. The summed E-state index contributed by atoms with van der Waals surface area (Å²) in [5.41, 5.74) is 0.768. The summed E-state index contributed by atoms with van der Waals surface area (Å²) in [6, 6.07) is 6.63. The highest BCUT2D eigenvalue weighted by Crippen LogP contribution is 2.54. The van der Waals surface area contributed by atoms with Crippen molar-refractivity contribution in [1.82, 2.24) is 10.2 Å². The van der Waals surface area contributed by atoms with Crippen molar-refractivity contribution in [3.05, 3.63) is 42.0 Å². The maximum Gasteiger partial charge on any atom is 0.234 e. The van der Waals surface area contributed by atoms with E-state index in [0.29, 0.717) is 12.3 Å². The fraction of sp³-hybridized carbons (Fsp3) is 0.476. The van der Waals surface area contributed by atoms with Crippen molar-refractivity contribution in [2.24, 2.45) is 23.7 Å². The molecule has 4 rings (SSSR count). The Bertz CT molecular complexity index is 771. The average molecular weight is 368 g/mol. The van der Waals surface area contributed by atoms with Crippen molar-refractivity contribution in [2.75, 3.05) is 13.7 Å². The first kappa shape index (κ1) is 17.8. The minimum Gasteiger partial charge on any atom is -0.497 e. The van der Waals surface area contributed by atoms with Crippen molar-refractivity contribution in [2.45, 2.75) is 25.8 Å². The lowest BCUT2D eigenvalue weighted by atomic mass is 9.85. The number of fused-ring (bicyclic) bond motifs is 5. The molecule has 1 aliphatic heterocycles. The minimum absolute atomic E-state index is 0.0693. The number of methoxy groups -OCH3 is 1. The molecule has 1 aromatic rings. The maximum absolute atomic E-state index is 13.2. The molecule has 6 nitrogen and oxygen atoms in total. The van der Waals surface area contributed by atoms with E-state index in [2.05, 4.69) is 17.5 Å². The smallest absolute Gasteiger partial charge is 0.234 e. The molecule has 1 saturated heterocycles. The van der Waals surface area contributed by atoms with Crippen LogP contribution in [0, 0.1) is 23.7 Å². The van der Waals surface area contributed by atoms with Crippen LogP contribution in [0.25, 0.3) is 0 Å². The molecular weight excluding hydrogens is 344 g/mol. The van der Waals surface area contributed by atoms with Crippen LogP contribution >= 0.6 is 0 Å². The summed E-state index contributed by atoms with van der Waals surface area (Å²) in [5, 5.41) is 2.78. The number of amides is 3. The van der Waals surface area contributed by atoms with Crippen LogP contribution in [0.15, 0.2) is 36.4 Å². The second-order valence-corrected chi connectivity index (χ2v) is 7.49. The van der Waals surface area contributed by atoms with Gasteiger partial charge in [-0.25, -0.2) is 0 Å². The van der Waals surface area contributed by atoms with Gasteiger partial charge in [0.1, 0.15) is 5.75 Å². The van der Waals surface area contributed by atoms with Crippen molar-refractivity contribution >= 4 is 17.7 Å². The number of imide groups is 1. The highest BCUT2D eigenvalue weighted by molar-refractivity contribution is 6.07. The predicted octanol–water partition coefficient (Wildman–Crippen LogP) is 2.07. The first-order valence-corrected chi connectivity index (χ1v) is 9.51. The lowest BCUT2D eigenvalue weighted by molar-refractivity contribution is -0.144. The van der Waals surface area contributed by atoms with E-state index in [0.717, 1.165) is 12.0 Å². The monoisotopic (exact) mass is 368 g/mol. The molecule has 0 aromatic heterocycles. The summed E-state index contributed by atoms with van der Waals surface area (Å²) in [5.74, 6) is 0.0412. The van der Waals surface area contributed by atoms with E-state index >= 15 is 0 Å². The topological polar surface area (TPSA) is 75.7 Å². The minimum atomic E-state index is -0.590. The van der Waals surface area contributed by atoms with Gasteiger partial charge in [-0.15, -0.1) is 0 Å². The van der Waals surface area contributed by atoms with Gasteiger partial charge >= 0.3 is 0 Å². The highest BCUT2D eigenvalue weighted by atomic mass is 16.5. The molecule has 5 unspecified atom stereocenters. The molecule has 1 N–H and O–H groups in total. The summed E-state index contributed by atoms with van der Waals surface area (Å²) >= 11 is 0. The van der Waals surface area contributed by atoms with Crippen molar-refractivity contribution in [3.8, 4) is 5.75 Å². The Hall–Kier alpha value is -2.63. The van der Waals surface area contributed by atoms with Gasteiger partial charge in [0.25, 0.3) is 0 Å². The molecule has 1 saturated carbocycles. The van der Waals surface area contributed by atoms with Crippen LogP contribution in [-0.4, -0.2) is 36.3 Å². The number of hydrogen-bond acceptors (Lipinski definition) is 4. The van der Waals surface area contributed by atoms with E-state index in [-0.39, 0.29) is 47.8 Å². The standard InChI is InChI=1S/C21H24N2O4/c1-3-22-17(24)11-16(12-6-8-15(27-2)9-7-12)23-20(25)18-13-4-5-14(10-13)19(18)21(23)26/h4-9,13-14,16,18-19H,3,10-11H2,1-2H3,(H,22,24). The lowest BCUT2D eigenvalue weighted by Crippen LogP contribution is -2.39. The summed E-state index contributed by atoms with van der Waals surface area (Å²) in [7, 11) is 1.58. The summed E-state index contributed by atoms with van der Waals surface area (Å²) in [6.45, 7) is 2.36. The van der Waals surface area contributed by atoms with Crippen LogP contribution in [0.3, 0.4) is 0 Å². The Morgan fingerprint density at radius 1 is 1.15 bits per heavy atom. The SMILES string of the molecule is CCNC(=O)CC(c1ccc(OC)cc1)N1C(=O)C2C3C=CC(C3)C2C1=O. The molecule has 27 heavy (non-hydrogen) atoms. The van der Waals surface area contributed by atoms with E-state index in [1.807, 2.05) is 19.1 Å². The summed E-state index contributed by atoms with van der Waals surface area (Å²) < 4.78 is 5.20. The Kier molecular flexibility index (Phi) is 4.50. The molecule has 3 amide bonds. The zero-order valence-electron chi connectivity index (χ0n) is 15.6. The third-order valence-electron chi connectivity index (χ3n) is 6.07. The van der Waals surface area contributed by atoms with Gasteiger partial charge in [-0.3, -0.25) is 19.3 Å². The Balaban J connectivity index is 1.66. The van der Waals surface area contributed by atoms with Crippen LogP contribution in [0.4, 0.5) is 0 Å². The number of allylic oxidation sites excluding steroid dienone is 2. The fourth-order valence-electron chi connectivity index (χ4n) is 4.86. The third kappa shape index (κ3) is 2.83. The average Bonchev–Trinajstić information content (AvgIpc) is 3.35. The van der Waals surface area contributed by atoms with E-state index in [1.54, 1.807) is 19.2 Å². The van der Waals surface area contributed by atoms with Crippen LogP contribution in [-0.2, 0) is 14.4 Å². The van der Waals surface area contributed by atoms with E-state index < -0.39 is 6.04 Å². The van der Waals surface area contributed by atoms with Gasteiger partial charge in [-0.05, 0) is 42.9 Å². The summed E-state index contributed by atoms with van der Waals surface area (Å²) in [4.78, 5) is 40.0. The van der Waals surface area contributed by atoms with Crippen LogP contribution in [0.2, 0.25) is 0 Å². The predicted molar refractivity (Wildman–Crippen MR) is 98.6 cm³/mol. The van der Waals surface area contributed by atoms with E-state index in [4.69, 9.17) is 4.74 Å². The first-order valence-electron chi connectivity index (χ1n) is 9.51. The molecule has 0 spiro atoms. The maximum atomic E-state index is 13.2. The second kappa shape index (κ2) is 6.83. The highest BCUT2D eigenvalue weighted by Gasteiger charge is 2.60. The lowest BCUT2D eigenvalue weighted by Gasteiger charge is -2.28. The van der Waals surface area contributed by atoms with Crippen molar-refractivity contribution in [1.29, 1.82) is 0 Å². The number of rotatable bonds is 6. The fourth-order valence-corrected chi connectivity index (χ4v) is 4.86. The van der Waals surface area contributed by atoms with Gasteiger partial charge in [0.15, 0.2) is 0 Å². The Morgan fingerprint density at radius 2 is 1.74 bits per heavy atom. The second-order valence-electron chi connectivity index (χ2n) is 7.49. The van der Waals surface area contributed by atoms with Crippen LogP contribution < -0.4 is 10.1 Å². The number of hydrogen-bond donors (Lipinski definition) is 1. The molecule has 2 aliphatic carbocycles. The summed E-state index contributed by atoms with van der Waals surface area (Å²) in [6.07, 6.45) is 5.11. The molecule has 142 valence electrons. The van der Waals surface area contributed by atoms with Gasteiger partial charge < -0.3 is 10.1 Å². The number of ether oxygens (including phenoxy) is 1. The van der Waals surface area contributed by atoms with Gasteiger partial charge in [-0.1, -0.05) is 24.3 Å². The zero-order chi connectivity index (χ0) is 19.1. The molecule has 2 fully saturated rings. The third-order valence-corrected chi connectivity index (χ3v) is 6.07. The molecule has 6 heteroatoms. The number of carbonyl (C=O) groups is 3. The quantitative estimate of drug-likeness (QED) is 0.616. The first-order chi connectivity index (χ1) is 13.0. The zero-order valence-corrected chi connectivity index (χ0v) is 15.6. The number of benzene rings is 1. The van der Waals surface area contributed by atoms with Gasteiger partial charge in [0.05, 0.1) is 31.4 Å². The molecular formula is C21H24N2O4. The normalized spacial score (nSPS) is 29.2. The Labute approximate surface area is 158 Å².